The van der Waals surface area contributed by atoms with Crippen LogP contribution in [0.15, 0.2) is 64.1 Å². The highest BCUT2D eigenvalue weighted by Crippen LogP contribution is 2.35. The zero-order valence-electron chi connectivity index (χ0n) is 15.2. The lowest BCUT2D eigenvalue weighted by Crippen LogP contribution is -2.06. The molecule has 0 spiro atoms. The molecule has 31 heavy (non-hydrogen) atoms. The van der Waals surface area contributed by atoms with E-state index in [0.29, 0.717) is 12.1 Å². The molecule has 3 rings (SSSR count). The molecule has 0 fully saturated rings. The van der Waals surface area contributed by atoms with E-state index < -0.39 is 34.1 Å². The van der Waals surface area contributed by atoms with E-state index in [1.807, 2.05) is 0 Å². The van der Waals surface area contributed by atoms with E-state index in [1.165, 1.54) is 24.3 Å². The van der Waals surface area contributed by atoms with Crippen molar-refractivity contribution in [2.45, 2.75) is 12.4 Å². The number of anilines is 1. The summed E-state index contributed by atoms with van der Waals surface area (Å²) in [6, 6.07) is 9.13. The summed E-state index contributed by atoms with van der Waals surface area (Å²) in [5.74, 6) is 0.211. The van der Waals surface area contributed by atoms with Crippen LogP contribution in [-0.2, 0) is 12.4 Å². The molecule has 2 aromatic carbocycles. The molecule has 6 nitrogen and oxygen atoms in total. The minimum atomic E-state index is -4.75. The van der Waals surface area contributed by atoms with E-state index in [2.05, 4.69) is 10.5 Å². The van der Waals surface area contributed by atoms with Gasteiger partial charge in [0, 0.05) is 11.6 Å². The first kappa shape index (κ1) is 21.9. The molecule has 0 aliphatic carbocycles. The number of halogens is 6. The summed E-state index contributed by atoms with van der Waals surface area (Å²) in [6.45, 7) is 0. The van der Waals surface area contributed by atoms with Crippen molar-refractivity contribution in [1.29, 1.82) is 0 Å². The molecule has 162 valence electrons. The summed E-state index contributed by atoms with van der Waals surface area (Å²) in [7, 11) is 0. The van der Waals surface area contributed by atoms with Gasteiger partial charge in [-0.2, -0.15) is 31.4 Å². The molecule has 0 bridgehead atoms. The van der Waals surface area contributed by atoms with Crippen LogP contribution < -0.4 is 5.43 Å². The van der Waals surface area contributed by atoms with Crippen molar-refractivity contribution in [3.8, 4) is 11.3 Å². The fourth-order valence-corrected chi connectivity index (χ4v) is 2.55. The third-order valence-electron chi connectivity index (χ3n) is 4.00. The summed E-state index contributed by atoms with van der Waals surface area (Å²) in [6.07, 6.45) is -8.20. The first-order valence-corrected chi connectivity index (χ1v) is 8.37. The number of nitrogens with one attached hydrogen (secondary N) is 1. The summed E-state index contributed by atoms with van der Waals surface area (Å²) in [5, 5.41) is 14.7. The number of hydrogen-bond donors (Lipinski definition) is 1. The van der Waals surface area contributed by atoms with Gasteiger partial charge in [0.25, 0.3) is 5.69 Å². The van der Waals surface area contributed by atoms with Gasteiger partial charge in [-0.25, -0.2) is 0 Å². The third kappa shape index (κ3) is 5.21. The van der Waals surface area contributed by atoms with Crippen LogP contribution >= 0.6 is 0 Å². The van der Waals surface area contributed by atoms with Gasteiger partial charge in [-0.3, -0.25) is 15.5 Å². The topological polar surface area (TPSA) is 80.7 Å². The minimum absolute atomic E-state index is 0.0921. The van der Waals surface area contributed by atoms with E-state index in [-0.39, 0.29) is 22.8 Å². The summed E-state index contributed by atoms with van der Waals surface area (Å²) >= 11 is 0. The molecule has 0 saturated carbocycles. The van der Waals surface area contributed by atoms with E-state index >= 15 is 0 Å². The zero-order chi connectivity index (χ0) is 22.8. The highest BCUT2D eigenvalue weighted by molar-refractivity contribution is 5.78. The Morgan fingerprint density at radius 1 is 0.935 bits per heavy atom. The van der Waals surface area contributed by atoms with Gasteiger partial charge in [-0.15, -0.1) is 0 Å². The Morgan fingerprint density at radius 3 is 2.26 bits per heavy atom. The predicted molar refractivity (Wildman–Crippen MR) is 98.5 cm³/mol. The Labute approximate surface area is 169 Å². The lowest BCUT2D eigenvalue weighted by molar-refractivity contribution is -0.384. The molecule has 0 aliphatic heterocycles. The van der Waals surface area contributed by atoms with Crippen molar-refractivity contribution < 1.29 is 35.7 Å². The van der Waals surface area contributed by atoms with Crippen LogP contribution in [0.2, 0.25) is 0 Å². The van der Waals surface area contributed by atoms with Gasteiger partial charge in [0.05, 0.1) is 22.3 Å². The maximum absolute atomic E-state index is 12.8. The smallest absolute Gasteiger partial charge is 0.416 e. The number of nitrogens with zero attached hydrogens (tertiary/aromatic N) is 2. The first-order chi connectivity index (χ1) is 14.4. The monoisotopic (exact) mass is 443 g/mol. The average molecular weight is 443 g/mol. The fourth-order valence-electron chi connectivity index (χ4n) is 2.55. The van der Waals surface area contributed by atoms with Crippen molar-refractivity contribution in [3.05, 3.63) is 81.6 Å². The second-order valence-corrected chi connectivity index (χ2v) is 6.14. The molecule has 3 aromatic rings. The molecule has 1 aromatic heterocycles. The number of hydrogen-bond acceptors (Lipinski definition) is 5. The van der Waals surface area contributed by atoms with Crippen LogP contribution in [-0.4, -0.2) is 11.1 Å². The van der Waals surface area contributed by atoms with Crippen molar-refractivity contribution in [2.24, 2.45) is 5.10 Å². The number of furan rings is 1. The SMILES string of the molecule is O=[N+]([O-])c1cc(C(F)(F)F)ccc1N/N=C\c1ccc(-c2cccc(C(F)(F)F)c2)o1. The van der Waals surface area contributed by atoms with Crippen molar-refractivity contribution in [1.82, 2.24) is 0 Å². The van der Waals surface area contributed by atoms with Gasteiger partial charge >= 0.3 is 12.4 Å². The molecule has 1 heterocycles. The zero-order valence-corrected chi connectivity index (χ0v) is 15.2. The van der Waals surface area contributed by atoms with E-state index in [1.54, 1.807) is 0 Å². The highest BCUT2D eigenvalue weighted by Gasteiger charge is 2.33. The van der Waals surface area contributed by atoms with Crippen LogP contribution in [0, 0.1) is 10.1 Å². The summed E-state index contributed by atoms with van der Waals surface area (Å²) < 4.78 is 82.0. The van der Waals surface area contributed by atoms with E-state index in [4.69, 9.17) is 4.42 Å². The predicted octanol–water partition coefficient (Wildman–Crippen LogP) is 6.34. The van der Waals surface area contributed by atoms with Gasteiger partial charge in [0.1, 0.15) is 17.2 Å². The molecule has 0 aliphatic rings. The largest absolute Gasteiger partial charge is 0.455 e. The lowest BCUT2D eigenvalue weighted by atomic mass is 10.1. The van der Waals surface area contributed by atoms with Gasteiger partial charge in [-0.05, 0) is 36.4 Å². The van der Waals surface area contributed by atoms with Crippen LogP contribution in [0.25, 0.3) is 11.3 Å². The van der Waals surface area contributed by atoms with Gasteiger partial charge in [-0.1, -0.05) is 12.1 Å². The lowest BCUT2D eigenvalue weighted by Gasteiger charge is -2.08. The number of nitro groups is 1. The Bertz CT molecular complexity index is 1140. The number of hydrazone groups is 1. The van der Waals surface area contributed by atoms with Gasteiger partial charge < -0.3 is 4.42 Å². The first-order valence-electron chi connectivity index (χ1n) is 8.37. The normalized spacial score (nSPS) is 12.3. The van der Waals surface area contributed by atoms with Gasteiger partial charge in [0.2, 0.25) is 0 Å². The molecule has 1 N–H and O–H groups in total. The van der Waals surface area contributed by atoms with Crippen LogP contribution in [0.5, 0.6) is 0 Å². The quantitative estimate of drug-likeness (QED) is 0.216. The van der Waals surface area contributed by atoms with Crippen molar-refractivity contribution >= 4 is 17.6 Å². The fraction of sp³-hybridized carbons (Fsp3) is 0.105. The van der Waals surface area contributed by atoms with E-state index in [9.17, 15) is 36.5 Å². The van der Waals surface area contributed by atoms with Crippen molar-refractivity contribution in [3.63, 3.8) is 0 Å². The molecule has 0 radical (unpaired) electrons. The van der Waals surface area contributed by atoms with Crippen LogP contribution in [0.1, 0.15) is 16.9 Å². The van der Waals surface area contributed by atoms with E-state index in [0.717, 1.165) is 24.4 Å². The molecule has 0 amide bonds. The molecule has 0 saturated heterocycles. The van der Waals surface area contributed by atoms with Crippen molar-refractivity contribution in [2.75, 3.05) is 5.43 Å². The molecular weight excluding hydrogens is 432 g/mol. The van der Waals surface area contributed by atoms with Crippen LogP contribution in [0.3, 0.4) is 0 Å². The Morgan fingerprint density at radius 2 is 1.61 bits per heavy atom. The molecular formula is C19H11F6N3O3. The maximum Gasteiger partial charge on any atom is 0.416 e. The Hall–Kier alpha value is -3.83. The maximum atomic E-state index is 12.8. The Kier molecular flexibility index (Phi) is 5.73. The van der Waals surface area contributed by atoms with Crippen LogP contribution in [0.4, 0.5) is 37.7 Å². The highest BCUT2D eigenvalue weighted by atomic mass is 19.4. The second-order valence-electron chi connectivity index (χ2n) is 6.14. The number of rotatable bonds is 5. The number of nitro benzene ring substituents is 1. The molecule has 0 atom stereocenters. The summed E-state index contributed by atoms with van der Waals surface area (Å²) in [5.41, 5.74) is -0.754. The minimum Gasteiger partial charge on any atom is -0.455 e. The number of benzene rings is 2. The standard InChI is InChI=1S/C19H11F6N3O3/c20-18(21,22)12-3-1-2-11(8-12)17-7-5-14(31-17)10-26-27-15-6-4-13(19(23,24)25)9-16(15)28(29)30/h1-10,27H/b26-10-. The molecule has 12 heteroatoms. The summed E-state index contributed by atoms with van der Waals surface area (Å²) in [4.78, 5) is 10.0. The number of alkyl halides is 6. The average Bonchev–Trinajstić information content (AvgIpc) is 3.15. The molecule has 0 unspecified atom stereocenters. The third-order valence-corrected chi connectivity index (χ3v) is 4.00. The Balaban J connectivity index is 1.78. The van der Waals surface area contributed by atoms with Gasteiger partial charge in [0.15, 0.2) is 0 Å². The second kappa shape index (κ2) is 8.13.